The minimum Gasteiger partial charge on any atom is -0.381 e. The van der Waals surface area contributed by atoms with Crippen LogP contribution in [0.25, 0.3) is 0 Å². The molecule has 1 aliphatic carbocycles. The van der Waals surface area contributed by atoms with E-state index in [9.17, 15) is 0 Å². The summed E-state index contributed by atoms with van der Waals surface area (Å²) < 4.78 is 5.65. The van der Waals surface area contributed by atoms with E-state index in [2.05, 4.69) is 28.0 Å². The number of nitriles is 1. The molecule has 0 amide bonds. The van der Waals surface area contributed by atoms with Gasteiger partial charge in [0.2, 0.25) is 0 Å². The molecule has 0 unspecified atom stereocenters. The molecule has 128 valence electrons. The number of hydrogen-bond acceptors (Lipinski definition) is 4. The summed E-state index contributed by atoms with van der Waals surface area (Å²) in [7, 11) is 0. The normalized spacial score (nSPS) is 25.3. The van der Waals surface area contributed by atoms with Crippen molar-refractivity contribution in [3.05, 3.63) is 35.4 Å². The number of hydrogen-bond donors (Lipinski definition) is 0. The molecule has 4 heteroatoms. The molecule has 0 bridgehead atoms. The van der Waals surface area contributed by atoms with Crippen LogP contribution in [0, 0.1) is 17.2 Å². The Morgan fingerprint density at radius 1 is 1.04 bits per heavy atom. The van der Waals surface area contributed by atoms with E-state index in [-0.39, 0.29) is 0 Å². The molecule has 4 rings (SSSR count). The van der Waals surface area contributed by atoms with Crippen LogP contribution in [0.4, 0.5) is 0 Å². The van der Waals surface area contributed by atoms with Gasteiger partial charge in [-0.2, -0.15) is 5.26 Å². The number of nitrogens with zero attached hydrogens (tertiary/aromatic N) is 3. The Bertz CT molecular complexity index is 588. The first-order valence-electron chi connectivity index (χ1n) is 9.34. The molecule has 2 heterocycles. The molecule has 4 nitrogen and oxygen atoms in total. The summed E-state index contributed by atoms with van der Waals surface area (Å²) in [4.78, 5) is 5.35. The fourth-order valence-corrected chi connectivity index (χ4v) is 4.62. The van der Waals surface area contributed by atoms with Gasteiger partial charge in [-0.15, -0.1) is 0 Å². The Labute approximate surface area is 145 Å². The van der Waals surface area contributed by atoms with Gasteiger partial charge in [-0.25, -0.2) is 0 Å². The van der Waals surface area contributed by atoms with Gasteiger partial charge < -0.3 is 4.74 Å². The summed E-state index contributed by atoms with van der Waals surface area (Å²) in [6, 6.07) is 10.2. The molecule has 2 saturated heterocycles. The second-order valence-electron chi connectivity index (χ2n) is 7.56. The van der Waals surface area contributed by atoms with Gasteiger partial charge in [-0.05, 0) is 49.3 Å². The molecule has 0 radical (unpaired) electrons. The lowest BCUT2D eigenvalue weighted by atomic mass is 9.82. The summed E-state index contributed by atoms with van der Waals surface area (Å²) in [5.41, 5.74) is 2.50. The topological polar surface area (TPSA) is 39.5 Å². The van der Waals surface area contributed by atoms with Crippen molar-refractivity contribution in [1.82, 2.24) is 9.80 Å². The van der Waals surface area contributed by atoms with Crippen molar-refractivity contribution in [2.75, 3.05) is 39.4 Å². The van der Waals surface area contributed by atoms with Crippen LogP contribution in [-0.2, 0) is 11.3 Å². The van der Waals surface area contributed by atoms with Gasteiger partial charge in [0, 0.05) is 51.5 Å². The van der Waals surface area contributed by atoms with Gasteiger partial charge in [0.15, 0.2) is 0 Å². The molecule has 1 saturated carbocycles. The Morgan fingerprint density at radius 3 is 2.29 bits per heavy atom. The fourth-order valence-electron chi connectivity index (χ4n) is 4.62. The zero-order valence-electron chi connectivity index (χ0n) is 14.4. The van der Waals surface area contributed by atoms with Crippen LogP contribution < -0.4 is 0 Å². The van der Waals surface area contributed by atoms with E-state index in [1.807, 2.05) is 12.1 Å². The van der Waals surface area contributed by atoms with Crippen LogP contribution in [0.15, 0.2) is 24.3 Å². The summed E-state index contributed by atoms with van der Waals surface area (Å²) in [6.45, 7) is 7.56. The third-order valence-corrected chi connectivity index (χ3v) is 6.19. The van der Waals surface area contributed by atoms with Crippen LogP contribution in [0.2, 0.25) is 0 Å². The molecule has 0 N–H and O–H groups in total. The van der Waals surface area contributed by atoms with Crippen molar-refractivity contribution in [3.8, 4) is 6.07 Å². The minimum absolute atomic E-state index is 0.443. The Hall–Kier alpha value is -1.41. The molecule has 3 fully saturated rings. The van der Waals surface area contributed by atoms with Crippen LogP contribution >= 0.6 is 0 Å². The predicted molar refractivity (Wildman–Crippen MR) is 93.5 cm³/mol. The highest BCUT2D eigenvalue weighted by Gasteiger charge is 2.50. The highest BCUT2D eigenvalue weighted by molar-refractivity contribution is 5.31. The Balaban J connectivity index is 1.35. The van der Waals surface area contributed by atoms with E-state index in [4.69, 9.17) is 10.00 Å². The zero-order chi connectivity index (χ0) is 16.4. The summed E-state index contributed by atoms with van der Waals surface area (Å²) in [5, 5.41) is 8.90. The van der Waals surface area contributed by atoms with Gasteiger partial charge in [0.05, 0.1) is 11.6 Å². The SMILES string of the molecule is N#Cc1ccc(CN2CCN(C3(C4CC4)CCOCC3)CC2)cc1. The number of piperazine rings is 1. The smallest absolute Gasteiger partial charge is 0.0991 e. The maximum Gasteiger partial charge on any atom is 0.0991 e. The van der Waals surface area contributed by atoms with Crippen molar-refractivity contribution in [1.29, 1.82) is 5.26 Å². The van der Waals surface area contributed by atoms with E-state index >= 15 is 0 Å². The lowest BCUT2D eigenvalue weighted by molar-refractivity contribution is -0.0596. The zero-order valence-corrected chi connectivity index (χ0v) is 14.4. The van der Waals surface area contributed by atoms with Crippen molar-refractivity contribution < 1.29 is 4.74 Å². The number of benzene rings is 1. The first kappa shape index (κ1) is 16.1. The third kappa shape index (κ3) is 3.21. The molecular formula is C20H27N3O. The quantitative estimate of drug-likeness (QED) is 0.853. The lowest BCUT2D eigenvalue weighted by Crippen LogP contribution is -2.60. The molecular weight excluding hydrogens is 298 g/mol. The van der Waals surface area contributed by atoms with E-state index < -0.39 is 0 Å². The van der Waals surface area contributed by atoms with E-state index in [0.29, 0.717) is 5.54 Å². The van der Waals surface area contributed by atoms with Crippen molar-refractivity contribution >= 4 is 0 Å². The molecule has 0 atom stereocenters. The number of ether oxygens (including phenoxy) is 1. The molecule has 1 aromatic rings. The molecule has 0 aromatic heterocycles. The van der Waals surface area contributed by atoms with Crippen LogP contribution in [0.1, 0.15) is 36.8 Å². The summed E-state index contributed by atoms with van der Waals surface area (Å²) >= 11 is 0. The standard InChI is InChI=1S/C20H27N3O/c21-15-17-1-3-18(4-2-17)16-22-9-11-23(12-10-22)20(19-5-6-19)7-13-24-14-8-20/h1-4,19H,5-14,16H2. The highest BCUT2D eigenvalue weighted by Crippen LogP contribution is 2.48. The average molecular weight is 325 g/mol. The van der Waals surface area contributed by atoms with Gasteiger partial charge in [-0.1, -0.05) is 12.1 Å². The van der Waals surface area contributed by atoms with Gasteiger partial charge in [-0.3, -0.25) is 9.80 Å². The highest BCUT2D eigenvalue weighted by atomic mass is 16.5. The van der Waals surface area contributed by atoms with E-state index in [1.165, 1.54) is 44.3 Å². The van der Waals surface area contributed by atoms with Gasteiger partial charge >= 0.3 is 0 Å². The van der Waals surface area contributed by atoms with Crippen molar-refractivity contribution in [3.63, 3.8) is 0 Å². The summed E-state index contributed by atoms with van der Waals surface area (Å²) in [5.74, 6) is 0.923. The maximum absolute atomic E-state index is 8.90. The van der Waals surface area contributed by atoms with Gasteiger partial charge in [0.25, 0.3) is 0 Å². The molecule has 24 heavy (non-hydrogen) atoms. The first-order valence-corrected chi connectivity index (χ1v) is 9.34. The van der Waals surface area contributed by atoms with E-state index in [0.717, 1.165) is 44.3 Å². The van der Waals surface area contributed by atoms with Crippen molar-refractivity contribution in [2.45, 2.75) is 37.8 Å². The second kappa shape index (κ2) is 6.84. The lowest BCUT2D eigenvalue weighted by Gasteiger charge is -2.50. The Morgan fingerprint density at radius 2 is 1.71 bits per heavy atom. The first-order chi connectivity index (χ1) is 11.8. The maximum atomic E-state index is 8.90. The fraction of sp³-hybridized carbons (Fsp3) is 0.650. The van der Waals surface area contributed by atoms with Crippen LogP contribution in [0.3, 0.4) is 0 Å². The minimum atomic E-state index is 0.443. The molecule has 3 aliphatic rings. The number of rotatable bonds is 4. The molecule has 1 aromatic carbocycles. The second-order valence-corrected chi connectivity index (χ2v) is 7.56. The molecule has 2 aliphatic heterocycles. The molecule has 0 spiro atoms. The predicted octanol–water partition coefficient (Wildman–Crippen LogP) is 2.64. The van der Waals surface area contributed by atoms with Crippen molar-refractivity contribution in [2.24, 2.45) is 5.92 Å². The summed E-state index contributed by atoms with van der Waals surface area (Å²) in [6.07, 6.45) is 5.30. The monoisotopic (exact) mass is 325 g/mol. The van der Waals surface area contributed by atoms with Crippen LogP contribution in [-0.4, -0.2) is 54.7 Å². The van der Waals surface area contributed by atoms with Gasteiger partial charge in [0.1, 0.15) is 0 Å². The Kier molecular flexibility index (Phi) is 4.58. The largest absolute Gasteiger partial charge is 0.381 e. The third-order valence-electron chi connectivity index (χ3n) is 6.19. The van der Waals surface area contributed by atoms with Crippen LogP contribution in [0.5, 0.6) is 0 Å². The average Bonchev–Trinajstić information content (AvgIpc) is 3.49. The van der Waals surface area contributed by atoms with E-state index in [1.54, 1.807) is 0 Å².